The number of hydrogen-bond donors (Lipinski definition) is 0. The molecule has 0 spiro atoms. The van der Waals surface area contributed by atoms with Gasteiger partial charge in [0.15, 0.2) is 22.3 Å². The lowest BCUT2D eigenvalue weighted by atomic mass is 9.64. The molecule has 5 aliphatic rings. The molecule has 0 aliphatic carbocycles. The monoisotopic (exact) mass is 1420 g/mol. The van der Waals surface area contributed by atoms with Crippen molar-refractivity contribution in [2.75, 3.05) is 26.2 Å². The van der Waals surface area contributed by atoms with Crippen molar-refractivity contribution in [3.8, 4) is 0 Å². The molecule has 100 heavy (non-hydrogen) atoms. The molecule has 5 saturated heterocycles. The molecule has 0 unspecified atom stereocenters. The molecule has 5 aliphatic heterocycles. The van der Waals surface area contributed by atoms with Crippen molar-refractivity contribution in [3.05, 3.63) is 65.1 Å². The average molecular weight is 1420 g/mol. The van der Waals surface area contributed by atoms with Crippen LogP contribution in [0.2, 0.25) is 39.5 Å². The van der Waals surface area contributed by atoms with E-state index in [1.54, 1.807) is 4.90 Å². The first-order chi connectivity index (χ1) is 45.6. The van der Waals surface area contributed by atoms with Crippen LogP contribution in [0, 0.1) is 37.5 Å². The summed E-state index contributed by atoms with van der Waals surface area (Å²) in [7, 11) is -5.13. The van der Waals surface area contributed by atoms with Crippen LogP contribution in [-0.2, 0) is 37.4 Å². The highest BCUT2D eigenvalue weighted by Crippen LogP contribution is 2.49. The molecule has 4 aromatic heterocycles. The zero-order chi connectivity index (χ0) is 75.7. The second-order valence-corrected chi connectivity index (χ2v) is 48.4. The summed E-state index contributed by atoms with van der Waals surface area (Å²) in [5.41, 5.74) is 7.10. The number of rotatable bonds is 15. The molecule has 0 aromatic carbocycles. The highest BCUT2D eigenvalue weighted by molar-refractivity contribution is 6.83. The SMILES string of the molecule is CC1(C)OB(CB2OC(C)(C)C(C)(C)O2)OC1(C)C.Cc1cnc2c(ccn2[Si](C(C)C)(C(C)C)C(C)C)c1/C(=C\B1OC(C)(C)C(C)(C)O1)[C@H]1CN(C(=O)OC(C)(C)C)CC[C@H]1C.Cc1cnc2c(ccn2[Si](C(C)C)(C(C)C)C(C)C)c1C(=O)[C@H]1CN(C(=O)OC(C)(C)C)CC[C@H]1C. The predicted octanol–water partition coefficient (Wildman–Crippen LogP) is 19.4. The Balaban J connectivity index is 0.000000227. The quantitative estimate of drug-likeness (QED) is 0.0815. The molecule has 4 aromatic rings. The van der Waals surface area contributed by atoms with E-state index in [0.717, 1.165) is 51.6 Å². The molecule has 5 fully saturated rings. The maximum Gasteiger partial charge on any atom is 0.487 e. The summed E-state index contributed by atoms with van der Waals surface area (Å²) < 4.78 is 53.6. The number of pyridine rings is 2. The van der Waals surface area contributed by atoms with Crippen molar-refractivity contribution >= 4 is 83.4 Å². The third kappa shape index (κ3) is 16.5. The second-order valence-electron chi connectivity index (χ2n) is 37.0. The Kier molecular flexibility index (Phi) is 24.8. The molecule has 0 N–H and O–H groups in total. The lowest BCUT2D eigenvalue weighted by Gasteiger charge is -2.44. The molecule has 9 rings (SSSR count). The highest BCUT2D eigenvalue weighted by Gasteiger charge is 2.58. The van der Waals surface area contributed by atoms with Crippen molar-refractivity contribution in [1.29, 1.82) is 0 Å². The lowest BCUT2D eigenvalue weighted by molar-refractivity contribution is 0.00578. The van der Waals surface area contributed by atoms with Gasteiger partial charge in [-0.25, -0.2) is 19.6 Å². The largest absolute Gasteiger partial charge is 0.487 e. The van der Waals surface area contributed by atoms with E-state index in [4.69, 9.17) is 47.4 Å². The van der Waals surface area contributed by atoms with Gasteiger partial charge in [-0.2, -0.15) is 0 Å². The number of carbonyl (C=O) groups excluding carboxylic acids is 3. The number of ketones is 1. The molecule has 0 radical (unpaired) electrons. The lowest BCUT2D eigenvalue weighted by Crippen LogP contribution is -2.51. The van der Waals surface area contributed by atoms with Crippen LogP contribution in [0.4, 0.5) is 9.59 Å². The van der Waals surface area contributed by atoms with Crippen LogP contribution in [0.1, 0.15) is 261 Å². The van der Waals surface area contributed by atoms with Crippen LogP contribution in [0.25, 0.3) is 27.6 Å². The molecule has 0 saturated carbocycles. The summed E-state index contributed by atoms with van der Waals surface area (Å²) >= 11 is 0. The average Bonchev–Trinajstić information content (AvgIpc) is 1.52. The Labute approximate surface area is 607 Å². The molecule has 4 atom stereocenters. The summed E-state index contributed by atoms with van der Waals surface area (Å²) in [5.74, 6) is 2.66. The van der Waals surface area contributed by atoms with Gasteiger partial charge in [0.2, 0.25) is 0 Å². The fourth-order valence-corrected chi connectivity index (χ4v) is 30.3. The number of likely N-dealkylation sites (tertiary alicyclic amines) is 2. The van der Waals surface area contributed by atoms with Crippen molar-refractivity contribution < 1.29 is 51.8 Å². The normalized spacial score (nSPS) is 23.2. The van der Waals surface area contributed by atoms with Gasteiger partial charge in [-0.05, 0) is 243 Å². The van der Waals surface area contributed by atoms with Gasteiger partial charge in [-0.1, -0.05) is 103 Å². The Hall–Kier alpha value is -4.28. The molecular formula is C78H133B3N6O11Si2. The van der Waals surface area contributed by atoms with Crippen molar-refractivity contribution in [2.24, 2.45) is 23.7 Å². The van der Waals surface area contributed by atoms with E-state index in [2.05, 4.69) is 226 Å². The Morgan fingerprint density at radius 1 is 0.520 bits per heavy atom. The number of hydrogen-bond acceptors (Lipinski definition) is 13. The van der Waals surface area contributed by atoms with E-state index >= 15 is 0 Å². The number of aromatic nitrogens is 4. The van der Waals surface area contributed by atoms with Gasteiger partial charge >= 0.3 is 33.5 Å². The highest BCUT2D eigenvalue weighted by atomic mass is 28.3. The van der Waals surface area contributed by atoms with E-state index in [0.29, 0.717) is 71.6 Å². The van der Waals surface area contributed by atoms with Crippen molar-refractivity contribution in [3.63, 3.8) is 0 Å². The number of aryl methyl sites for hydroxylation is 2. The third-order valence-electron chi connectivity index (χ3n) is 24.3. The van der Waals surface area contributed by atoms with E-state index in [-0.39, 0.29) is 72.4 Å². The van der Waals surface area contributed by atoms with Crippen LogP contribution >= 0.6 is 0 Å². The first-order valence-corrected chi connectivity index (χ1v) is 42.2. The number of piperidine rings is 2. The molecule has 17 nitrogen and oxygen atoms in total. The molecule has 0 bridgehead atoms. The Morgan fingerprint density at radius 3 is 1.17 bits per heavy atom. The summed E-state index contributed by atoms with van der Waals surface area (Å²) in [6.45, 7) is 75.5. The van der Waals surface area contributed by atoms with E-state index in [1.807, 2.05) is 65.8 Å². The van der Waals surface area contributed by atoms with Crippen molar-refractivity contribution in [2.45, 2.75) is 333 Å². The molecular weight excluding hydrogens is 1290 g/mol. The van der Waals surface area contributed by atoms with Gasteiger partial charge < -0.3 is 55.7 Å². The van der Waals surface area contributed by atoms with Crippen LogP contribution < -0.4 is 0 Å². The fourth-order valence-electron chi connectivity index (χ4n) is 17.2. The first kappa shape index (κ1) is 83.0. The fraction of sp³-hybridized carbons (Fsp3) is 0.756. The number of ether oxygens (including phenoxy) is 2. The number of nitrogens with zero attached hydrogens (tertiary/aromatic N) is 6. The van der Waals surface area contributed by atoms with Crippen LogP contribution in [0.15, 0.2) is 42.9 Å². The summed E-state index contributed by atoms with van der Waals surface area (Å²) in [4.78, 5) is 53.9. The zero-order valence-electron chi connectivity index (χ0n) is 68.7. The van der Waals surface area contributed by atoms with Gasteiger partial charge in [0, 0.05) is 73.0 Å². The Bertz CT molecular complexity index is 3450. The number of Topliss-reactive ketones (excluding diaryl/α,β-unsaturated/α-hetero) is 1. The maximum absolute atomic E-state index is 14.2. The van der Waals surface area contributed by atoms with Gasteiger partial charge in [0.05, 0.1) is 33.6 Å². The molecule has 2 amide bonds. The van der Waals surface area contributed by atoms with Crippen LogP contribution in [0.5, 0.6) is 0 Å². The third-order valence-corrected chi connectivity index (χ3v) is 37.7. The predicted molar refractivity (Wildman–Crippen MR) is 417 cm³/mol. The number of amides is 2. The number of fused-ring (bicyclic) bond motifs is 2. The second kappa shape index (κ2) is 29.9. The minimum atomic E-state index is -2.05. The van der Waals surface area contributed by atoms with Gasteiger partial charge in [-0.3, -0.25) is 4.79 Å². The molecule has 558 valence electrons. The zero-order valence-corrected chi connectivity index (χ0v) is 70.7. The number of carbonyl (C=O) groups is 3. The van der Waals surface area contributed by atoms with Crippen molar-refractivity contribution in [1.82, 2.24) is 28.2 Å². The summed E-state index contributed by atoms with van der Waals surface area (Å²) in [6.07, 6.45) is 10.1. The summed E-state index contributed by atoms with van der Waals surface area (Å²) in [5, 5.41) is 2.11. The van der Waals surface area contributed by atoms with Gasteiger partial charge in [0.1, 0.15) is 22.5 Å². The minimum Gasteiger partial charge on any atom is -0.444 e. The first-order valence-electron chi connectivity index (χ1n) is 37.9. The Morgan fingerprint density at radius 2 is 0.830 bits per heavy atom. The molecule has 9 heterocycles. The topological polar surface area (TPSA) is 167 Å². The van der Waals surface area contributed by atoms with Crippen LogP contribution in [0.3, 0.4) is 0 Å². The van der Waals surface area contributed by atoms with E-state index in [1.165, 1.54) is 11.1 Å². The minimum absolute atomic E-state index is 0.0697. The van der Waals surface area contributed by atoms with Crippen LogP contribution in [-0.4, -0.2) is 155 Å². The van der Waals surface area contributed by atoms with E-state index < -0.39 is 46.0 Å². The molecule has 22 heteroatoms. The van der Waals surface area contributed by atoms with Gasteiger partial charge in [-0.15, -0.1) is 0 Å². The standard InChI is InChI=1S/C36H60BN3O4Si.C29H47N3O3Si.C13H26B2O4/c1-23(2)45(24(3)4,25(5)6)40-19-17-28-31(27(8)21-38-32(28)40)29(20-37-43-35(12,13)36(14,15)44-37)30-22-39(18-16-26(30)7)33(41)42-34(9,10)11;1-18(2)36(19(3)4,20(5)6)32-15-13-23-25(22(8)16-30-27(23)32)26(33)24-17-31(14-12-21(24)7)28(34)35-29(9,10)11;1-10(2)11(3,4)17-14(16-10)9-15-18-12(5,6)13(7,8)19-15/h17,19-21,23-26,30H,16,18,22H2,1-15H3;13,15-16,18-21,24H,12,14,17H2,1-11H3;9H2,1-8H3/b29-20-;;/t26-,30+;21-,24+;/m11./s1. The maximum atomic E-state index is 14.2. The summed E-state index contributed by atoms with van der Waals surface area (Å²) in [6, 6.07) is 4.40. The van der Waals surface area contributed by atoms with E-state index in [9.17, 15) is 14.4 Å². The smallest absolute Gasteiger partial charge is 0.444 e. The van der Waals surface area contributed by atoms with Gasteiger partial charge in [0.25, 0.3) is 0 Å².